The van der Waals surface area contributed by atoms with Crippen molar-refractivity contribution in [2.45, 2.75) is 44.9 Å². The van der Waals surface area contributed by atoms with E-state index in [-0.39, 0.29) is 19.2 Å². The van der Waals surface area contributed by atoms with Crippen LogP contribution in [0.4, 0.5) is 13.2 Å². The molecule has 7 heteroatoms. The molecule has 18 heavy (non-hydrogen) atoms. The molecule has 2 N–H and O–H groups in total. The van der Waals surface area contributed by atoms with E-state index >= 15 is 0 Å². The molecule has 0 saturated carbocycles. The van der Waals surface area contributed by atoms with Crippen LogP contribution in [-0.2, 0) is 9.53 Å². The molecule has 0 aromatic carbocycles. The van der Waals surface area contributed by atoms with Gasteiger partial charge in [-0.25, -0.2) is 0 Å². The highest BCUT2D eigenvalue weighted by Crippen LogP contribution is 2.30. The van der Waals surface area contributed by atoms with Crippen molar-refractivity contribution in [1.29, 1.82) is 0 Å². The molecule has 0 fully saturated rings. The Hall–Kier alpha value is -0.820. The summed E-state index contributed by atoms with van der Waals surface area (Å²) in [4.78, 5) is 13.1. The Balaban J connectivity index is 5.06. The summed E-state index contributed by atoms with van der Waals surface area (Å²) < 4.78 is 43.0. The molecule has 0 spiro atoms. The zero-order valence-corrected chi connectivity index (χ0v) is 11.2. The predicted octanol–water partition coefficient (Wildman–Crippen LogP) is 1.54. The number of hydrogen-bond acceptors (Lipinski definition) is 3. The van der Waals surface area contributed by atoms with Gasteiger partial charge in [-0.05, 0) is 20.3 Å². The van der Waals surface area contributed by atoms with E-state index in [0.29, 0.717) is 13.3 Å². The highest BCUT2D eigenvalue weighted by atomic mass is 19.4. The van der Waals surface area contributed by atoms with Gasteiger partial charge < -0.3 is 15.4 Å². The molecule has 1 amide bonds. The van der Waals surface area contributed by atoms with Crippen LogP contribution < -0.4 is 5.73 Å². The van der Waals surface area contributed by atoms with Crippen LogP contribution in [0, 0.1) is 0 Å². The molecule has 4 nitrogen and oxygen atoms in total. The standard InChI is InChI=1S/C11H21F3N2O2/c1-5-8(2)16(6-7-18-4)9(17)10(3,15)11(12,13)14/h8H,5-7,15H2,1-4H3. The average Bonchev–Trinajstić information content (AvgIpc) is 2.27. The molecule has 0 bridgehead atoms. The summed E-state index contributed by atoms with van der Waals surface area (Å²) in [6, 6.07) is -0.321. The van der Waals surface area contributed by atoms with E-state index in [1.807, 2.05) is 0 Å². The molecule has 0 heterocycles. The minimum atomic E-state index is -4.77. The van der Waals surface area contributed by atoms with E-state index in [1.165, 1.54) is 7.11 Å². The summed E-state index contributed by atoms with van der Waals surface area (Å²) >= 11 is 0. The van der Waals surface area contributed by atoms with E-state index in [0.717, 1.165) is 4.90 Å². The highest BCUT2D eigenvalue weighted by molar-refractivity contribution is 5.87. The van der Waals surface area contributed by atoms with E-state index in [1.54, 1.807) is 13.8 Å². The fourth-order valence-electron chi connectivity index (χ4n) is 1.35. The van der Waals surface area contributed by atoms with Gasteiger partial charge in [-0.1, -0.05) is 6.92 Å². The average molecular weight is 270 g/mol. The van der Waals surface area contributed by atoms with Gasteiger partial charge in [0.2, 0.25) is 0 Å². The minimum Gasteiger partial charge on any atom is -0.383 e. The Morgan fingerprint density at radius 2 is 1.94 bits per heavy atom. The molecule has 0 aliphatic carbocycles. The Morgan fingerprint density at radius 1 is 1.44 bits per heavy atom. The minimum absolute atomic E-state index is 0.0905. The Labute approximate surface area is 105 Å². The fourth-order valence-corrected chi connectivity index (χ4v) is 1.35. The van der Waals surface area contributed by atoms with Gasteiger partial charge in [0, 0.05) is 19.7 Å². The predicted molar refractivity (Wildman–Crippen MR) is 62.0 cm³/mol. The molecule has 0 rings (SSSR count). The largest absolute Gasteiger partial charge is 0.415 e. The number of halogens is 3. The summed E-state index contributed by atoms with van der Waals surface area (Å²) in [5, 5.41) is 0. The highest BCUT2D eigenvalue weighted by Gasteiger charge is 2.55. The maximum absolute atomic E-state index is 12.7. The molecular formula is C11H21F3N2O2. The number of carbonyl (C=O) groups excluding carboxylic acids is 1. The van der Waals surface area contributed by atoms with Crippen LogP contribution in [0.5, 0.6) is 0 Å². The first-order valence-electron chi connectivity index (χ1n) is 5.75. The maximum Gasteiger partial charge on any atom is 0.415 e. The lowest BCUT2D eigenvalue weighted by Crippen LogP contribution is -2.63. The van der Waals surface area contributed by atoms with E-state index in [4.69, 9.17) is 10.5 Å². The third-order valence-electron chi connectivity index (χ3n) is 2.95. The van der Waals surface area contributed by atoms with Gasteiger partial charge in [0.1, 0.15) is 0 Å². The number of hydrogen-bond donors (Lipinski definition) is 1. The lowest BCUT2D eigenvalue weighted by Gasteiger charge is -2.36. The zero-order valence-electron chi connectivity index (χ0n) is 11.2. The lowest BCUT2D eigenvalue weighted by molar-refractivity contribution is -0.195. The number of nitrogens with zero attached hydrogens (tertiary/aromatic N) is 1. The number of alkyl halides is 3. The van der Waals surface area contributed by atoms with Crippen molar-refractivity contribution in [3.8, 4) is 0 Å². The van der Waals surface area contributed by atoms with Crippen molar-refractivity contribution in [1.82, 2.24) is 4.90 Å². The van der Waals surface area contributed by atoms with Crippen LogP contribution in [0.15, 0.2) is 0 Å². The van der Waals surface area contributed by atoms with Crippen LogP contribution in [0.3, 0.4) is 0 Å². The van der Waals surface area contributed by atoms with E-state index in [9.17, 15) is 18.0 Å². The SMILES string of the molecule is CCC(C)N(CCOC)C(=O)C(C)(N)C(F)(F)F. The Morgan fingerprint density at radius 3 is 2.28 bits per heavy atom. The van der Waals surface area contributed by atoms with Crippen molar-refractivity contribution >= 4 is 5.91 Å². The summed E-state index contributed by atoms with van der Waals surface area (Å²) in [6.07, 6.45) is -4.23. The molecule has 2 atom stereocenters. The summed E-state index contributed by atoms with van der Waals surface area (Å²) in [6.45, 7) is 4.42. The Bertz CT molecular complexity index is 280. The maximum atomic E-state index is 12.7. The molecular weight excluding hydrogens is 249 g/mol. The van der Waals surface area contributed by atoms with Crippen LogP contribution in [-0.4, -0.2) is 48.8 Å². The topological polar surface area (TPSA) is 55.6 Å². The number of nitrogens with two attached hydrogens (primary N) is 1. The van der Waals surface area contributed by atoms with Crippen LogP contribution in [0.2, 0.25) is 0 Å². The van der Waals surface area contributed by atoms with Crippen molar-refractivity contribution in [2.75, 3.05) is 20.3 Å². The molecule has 2 unspecified atom stereocenters. The van der Waals surface area contributed by atoms with Crippen LogP contribution in [0.1, 0.15) is 27.2 Å². The second kappa shape index (κ2) is 6.38. The monoisotopic (exact) mass is 270 g/mol. The third kappa shape index (κ3) is 3.84. The molecule has 108 valence electrons. The number of amides is 1. The Kier molecular flexibility index (Phi) is 6.09. The van der Waals surface area contributed by atoms with Crippen molar-refractivity contribution < 1.29 is 22.7 Å². The van der Waals surface area contributed by atoms with Gasteiger partial charge in [-0.15, -0.1) is 0 Å². The summed E-state index contributed by atoms with van der Waals surface area (Å²) in [5.41, 5.74) is 2.27. The van der Waals surface area contributed by atoms with Crippen LogP contribution >= 0.6 is 0 Å². The van der Waals surface area contributed by atoms with Gasteiger partial charge >= 0.3 is 6.18 Å². The first-order valence-corrected chi connectivity index (χ1v) is 5.75. The first-order chi connectivity index (χ1) is 8.09. The molecule has 0 aromatic rings. The van der Waals surface area contributed by atoms with E-state index < -0.39 is 17.6 Å². The molecule has 0 aliphatic heterocycles. The molecule has 0 aliphatic rings. The molecule has 0 radical (unpaired) electrons. The van der Waals surface area contributed by atoms with Gasteiger partial charge in [0.25, 0.3) is 5.91 Å². The van der Waals surface area contributed by atoms with Crippen LogP contribution in [0.25, 0.3) is 0 Å². The smallest absolute Gasteiger partial charge is 0.383 e. The van der Waals surface area contributed by atoms with Crippen molar-refractivity contribution in [2.24, 2.45) is 5.73 Å². The van der Waals surface area contributed by atoms with Gasteiger partial charge in [0.15, 0.2) is 5.54 Å². The van der Waals surface area contributed by atoms with Gasteiger partial charge in [-0.3, -0.25) is 4.79 Å². The second-order valence-corrected chi connectivity index (χ2v) is 4.45. The van der Waals surface area contributed by atoms with Crippen molar-refractivity contribution in [3.63, 3.8) is 0 Å². The molecule has 0 aromatic heterocycles. The normalized spacial score (nSPS) is 17.1. The molecule has 0 saturated heterocycles. The quantitative estimate of drug-likeness (QED) is 0.796. The van der Waals surface area contributed by atoms with Gasteiger partial charge in [0.05, 0.1) is 6.61 Å². The lowest BCUT2D eigenvalue weighted by atomic mass is 10.00. The summed E-state index contributed by atoms with van der Waals surface area (Å²) in [7, 11) is 1.42. The van der Waals surface area contributed by atoms with Crippen molar-refractivity contribution in [3.05, 3.63) is 0 Å². The number of carbonyl (C=O) groups is 1. The zero-order chi connectivity index (χ0) is 14.6. The third-order valence-corrected chi connectivity index (χ3v) is 2.95. The second-order valence-electron chi connectivity index (χ2n) is 4.45. The first kappa shape index (κ1) is 17.2. The fraction of sp³-hybridized carbons (Fsp3) is 0.909. The van der Waals surface area contributed by atoms with Gasteiger partial charge in [-0.2, -0.15) is 13.2 Å². The number of methoxy groups -OCH3 is 1. The number of rotatable bonds is 6. The number of ether oxygens (including phenoxy) is 1. The summed E-state index contributed by atoms with van der Waals surface area (Å²) in [5.74, 6) is -1.12. The van der Waals surface area contributed by atoms with E-state index in [2.05, 4.69) is 0 Å².